The number of halogens is 2. The standard InChI is InChI=1S/C19H19F2NO2S/c20-16-10-15(11-17(21)18(16)14-6-8-25-9-7-14)22-19(23)24-12-13-4-2-1-3-5-13/h1-5,10-11,14H,6-9,12H2,(H,22,23). The van der Waals surface area contributed by atoms with Crippen molar-refractivity contribution in [3.05, 3.63) is 65.2 Å². The van der Waals surface area contributed by atoms with Crippen molar-refractivity contribution in [3.8, 4) is 0 Å². The number of carbonyl (C=O) groups is 1. The highest BCUT2D eigenvalue weighted by molar-refractivity contribution is 7.99. The smallest absolute Gasteiger partial charge is 0.411 e. The van der Waals surface area contributed by atoms with Crippen LogP contribution in [0.1, 0.15) is 29.9 Å². The maximum absolute atomic E-state index is 14.4. The maximum Gasteiger partial charge on any atom is 0.411 e. The third-order valence-corrected chi connectivity index (χ3v) is 5.22. The Morgan fingerprint density at radius 1 is 1.12 bits per heavy atom. The van der Waals surface area contributed by atoms with Crippen molar-refractivity contribution in [2.75, 3.05) is 16.8 Å². The molecule has 25 heavy (non-hydrogen) atoms. The lowest BCUT2D eigenvalue weighted by Crippen LogP contribution is -2.16. The summed E-state index contributed by atoms with van der Waals surface area (Å²) in [6, 6.07) is 11.5. The molecule has 3 nitrogen and oxygen atoms in total. The van der Waals surface area contributed by atoms with E-state index in [-0.39, 0.29) is 23.8 Å². The van der Waals surface area contributed by atoms with E-state index in [0.29, 0.717) is 0 Å². The zero-order valence-electron chi connectivity index (χ0n) is 13.6. The number of nitrogens with one attached hydrogen (secondary N) is 1. The van der Waals surface area contributed by atoms with Gasteiger partial charge in [-0.3, -0.25) is 5.32 Å². The van der Waals surface area contributed by atoms with Crippen molar-refractivity contribution in [2.24, 2.45) is 0 Å². The number of amides is 1. The van der Waals surface area contributed by atoms with Gasteiger partial charge in [-0.05, 0) is 48.0 Å². The van der Waals surface area contributed by atoms with E-state index in [4.69, 9.17) is 4.74 Å². The van der Waals surface area contributed by atoms with Crippen LogP contribution in [0.5, 0.6) is 0 Å². The predicted octanol–water partition coefficient (Wildman–Crippen LogP) is 5.32. The van der Waals surface area contributed by atoms with Crippen molar-refractivity contribution in [1.29, 1.82) is 0 Å². The van der Waals surface area contributed by atoms with Crippen LogP contribution < -0.4 is 5.32 Å². The van der Waals surface area contributed by atoms with Crippen LogP contribution in [-0.2, 0) is 11.3 Å². The summed E-state index contributed by atoms with van der Waals surface area (Å²) in [5.41, 5.74) is 1.02. The van der Waals surface area contributed by atoms with E-state index in [9.17, 15) is 13.6 Å². The van der Waals surface area contributed by atoms with Crippen LogP contribution >= 0.6 is 11.8 Å². The molecule has 1 aliphatic rings. The van der Waals surface area contributed by atoms with E-state index in [0.717, 1.165) is 42.0 Å². The first kappa shape index (κ1) is 17.7. The van der Waals surface area contributed by atoms with Crippen LogP contribution in [0.3, 0.4) is 0 Å². The van der Waals surface area contributed by atoms with Gasteiger partial charge < -0.3 is 4.74 Å². The number of anilines is 1. The van der Waals surface area contributed by atoms with Crippen molar-refractivity contribution < 1.29 is 18.3 Å². The molecule has 2 aromatic rings. The molecule has 1 fully saturated rings. The molecule has 0 radical (unpaired) electrons. The Morgan fingerprint density at radius 2 is 1.76 bits per heavy atom. The second-order valence-electron chi connectivity index (χ2n) is 5.93. The van der Waals surface area contributed by atoms with Gasteiger partial charge in [-0.15, -0.1) is 0 Å². The number of benzene rings is 2. The van der Waals surface area contributed by atoms with E-state index in [2.05, 4.69) is 5.32 Å². The Morgan fingerprint density at radius 3 is 2.40 bits per heavy atom. The predicted molar refractivity (Wildman–Crippen MR) is 95.9 cm³/mol. The Hall–Kier alpha value is -2.08. The number of carbonyl (C=O) groups excluding carboxylic acids is 1. The molecule has 1 heterocycles. The molecule has 1 amide bonds. The number of hydrogen-bond donors (Lipinski definition) is 1. The van der Waals surface area contributed by atoms with Crippen LogP contribution in [-0.4, -0.2) is 17.6 Å². The van der Waals surface area contributed by atoms with E-state index in [1.54, 1.807) is 11.8 Å². The van der Waals surface area contributed by atoms with Crippen LogP contribution in [0.15, 0.2) is 42.5 Å². The summed E-state index contributed by atoms with van der Waals surface area (Å²) in [5, 5.41) is 2.38. The zero-order valence-corrected chi connectivity index (χ0v) is 14.5. The fraction of sp³-hybridized carbons (Fsp3) is 0.316. The Bertz CT molecular complexity index is 710. The molecule has 1 aliphatic heterocycles. The van der Waals surface area contributed by atoms with Crippen molar-refractivity contribution in [3.63, 3.8) is 0 Å². The molecule has 0 bridgehead atoms. The average molecular weight is 363 g/mol. The molecule has 0 aromatic heterocycles. The Labute approximate surface area is 149 Å². The first-order chi connectivity index (χ1) is 12.1. The van der Waals surface area contributed by atoms with Gasteiger partial charge in [-0.25, -0.2) is 13.6 Å². The second kappa shape index (κ2) is 8.34. The summed E-state index contributed by atoms with van der Waals surface area (Å²) in [6.45, 7) is 0.0927. The SMILES string of the molecule is O=C(Nc1cc(F)c(C2CCSCC2)c(F)c1)OCc1ccccc1. The summed E-state index contributed by atoms with van der Waals surface area (Å²) >= 11 is 1.80. The quantitative estimate of drug-likeness (QED) is 0.798. The van der Waals surface area contributed by atoms with Gasteiger partial charge in [-0.1, -0.05) is 30.3 Å². The molecule has 1 saturated heterocycles. The van der Waals surface area contributed by atoms with Gasteiger partial charge in [0.1, 0.15) is 18.2 Å². The van der Waals surface area contributed by atoms with E-state index in [1.165, 1.54) is 0 Å². The van der Waals surface area contributed by atoms with Crippen LogP contribution in [0, 0.1) is 11.6 Å². The fourth-order valence-electron chi connectivity index (χ4n) is 2.91. The molecule has 0 spiro atoms. The molecule has 1 N–H and O–H groups in total. The lowest BCUT2D eigenvalue weighted by Gasteiger charge is -2.23. The second-order valence-corrected chi connectivity index (χ2v) is 7.15. The summed E-state index contributed by atoms with van der Waals surface area (Å²) in [6.07, 6.45) is 0.791. The van der Waals surface area contributed by atoms with E-state index < -0.39 is 17.7 Å². The molecule has 0 saturated carbocycles. The van der Waals surface area contributed by atoms with Gasteiger partial charge >= 0.3 is 6.09 Å². The van der Waals surface area contributed by atoms with Gasteiger partial charge in [-0.2, -0.15) is 11.8 Å². The molecule has 3 rings (SSSR count). The lowest BCUT2D eigenvalue weighted by molar-refractivity contribution is 0.155. The minimum Gasteiger partial charge on any atom is -0.444 e. The van der Waals surface area contributed by atoms with Crippen molar-refractivity contribution in [1.82, 2.24) is 0 Å². The monoisotopic (exact) mass is 363 g/mol. The fourth-order valence-corrected chi connectivity index (χ4v) is 4.02. The summed E-state index contributed by atoms with van der Waals surface area (Å²) < 4.78 is 33.8. The van der Waals surface area contributed by atoms with Gasteiger partial charge in [0.25, 0.3) is 0 Å². The lowest BCUT2D eigenvalue weighted by atomic mass is 9.92. The van der Waals surface area contributed by atoms with Gasteiger partial charge in [0.15, 0.2) is 0 Å². The molecule has 0 unspecified atom stereocenters. The minimum atomic E-state index is -0.746. The van der Waals surface area contributed by atoms with E-state index in [1.807, 2.05) is 30.3 Å². The molecule has 2 aromatic carbocycles. The zero-order chi connectivity index (χ0) is 17.6. The van der Waals surface area contributed by atoms with E-state index >= 15 is 0 Å². The Kier molecular flexibility index (Phi) is 5.91. The topological polar surface area (TPSA) is 38.3 Å². The van der Waals surface area contributed by atoms with Gasteiger partial charge in [0, 0.05) is 11.3 Å². The summed E-state index contributed by atoms with van der Waals surface area (Å²) in [4.78, 5) is 11.8. The first-order valence-corrected chi connectivity index (χ1v) is 9.33. The third-order valence-electron chi connectivity index (χ3n) is 4.17. The third kappa shape index (κ3) is 4.72. The molecule has 6 heteroatoms. The molecule has 0 aliphatic carbocycles. The van der Waals surface area contributed by atoms with Crippen molar-refractivity contribution in [2.45, 2.75) is 25.4 Å². The van der Waals surface area contributed by atoms with Gasteiger partial charge in [0.2, 0.25) is 0 Å². The summed E-state index contributed by atoms with van der Waals surface area (Å²) in [5.74, 6) is 0.496. The molecule has 132 valence electrons. The highest BCUT2D eigenvalue weighted by Crippen LogP contribution is 2.35. The van der Waals surface area contributed by atoms with Gasteiger partial charge in [0.05, 0.1) is 0 Å². The number of ether oxygens (including phenoxy) is 1. The molecular formula is C19H19F2NO2S. The average Bonchev–Trinajstić information content (AvgIpc) is 2.61. The number of hydrogen-bond acceptors (Lipinski definition) is 3. The number of rotatable bonds is 4. The highest BCUT2D eigenvalue weighted by Gasteiger charge is 2.23. The van der Waals surface area contributed by atoms with Crippen LogP contribution in [0.25, 0.3) is 0 Å². The minimum absolute atomic E-state index is 0.0574. The van der Waals surface area contributed by atoms with Crippen LogP contribution in [0.2, 0.25) is 0 Å². The molecule has 0 atom stereocenters. The molecular weight excluding hydrogens is 344 g/mol. The van der Waals surface area contributed by atoms with Crippen LogP contribution in [0.4, 0.5) is 19.3 Å². The Balaban J connectivity index is 1.63. The number of thioether (sulfide) groups is 1. The normalized spacial score (nSPS) is 15.0. The summed E-state index contributed by atoms with van der Waals surface area (Å²) in [7, 11) is 0. The highest BCUT2D eigenvalue weighted by atomic mass is 32.2. The van der Waals surface area contributed by atoms with Crippen molar-refractivity contribution >= 4 is 23.5 Å². The first-order valence-electron chi connectivity index (χ1n) is 8.18. The largest absolute Gasteiger partial charge is 0.444 e. The maximum atomic E-state index is 14.4.